The molecule has 2 heteroatoms. The SMILES string of the molecule is CC1NCC1C(c1ccccc1)(c1ccccc1)c1ccc[nH]1. The fraction of sp³-hybridized carbons (Fsp3) is 0.238. The molecule has 1 aromatic heterocycles. The van der Waals surface area contributed by atoms with Gasteiger partial charge in [-0.15, -0.1) is 0 Å². The Hall–Kier alpha value is -2.32. The van der Waals surface area contributed by atoms with E-state index in [1.165, 1.54) is 16.8 Å². The molecular weight excluding hydrogens is 280 g/mol. The number of H-pyrrole nitrogens is 1. The standard InChI is InChI=1S/C21H22N2/c1-16-19(15-23-16)21(20-13-8-14-22-20,17-9-4-2-5-10-17)18-11-6-3-7-12-18/h2-14,16,19,22-23H,15H2,1H3. The van der Waals surface area contributed by atoms with Crippen LogP contribution in [0.3, 0.4) is 0 Å². The van der Waals surface area contributed by atoms with Gasteiger partial charge in [-0.3, -0.25) is 0 Å². The molecule has 2 heterocycles. The molecule has 0 amide bonds. The number of hydrogen-bond donors (Lipinski definition) is 2. The lowest BCUT2D eigenvalue weighted by atomic mass is 9.59. The molecule has 2 aromatic carbocycles. The molecule has 1 saturated heterocycles. The van der Waals surface area contributed by atoms with Crippen molar-refractivity contribution in [3.63, 3.8) is 0 Å². The Bertz CT molecular complexity index is 708. The van der Waals surface area contributed by atoms with E-state index in [0.717, 1.165) is 6.54 Å². The third kappa shape index (κ3) is 2.13. The molecule has 0 spiro atoms. The lowest BCUT2D eigenvalue weighted by Gasteiger charge is -2.50. The first-order chi connectivity index (χ1) is 11.3. The average Bonchev–Trinajstić information content (AvgIpc) is 3.14. The number of nitrogens with one attached hydrogen (secondary N) is 2. The zero-order valence-corrected chi connectivity index (χ0v) is 13.4. The predicted molar refractivity (Wildman–Crippen MR) is 94.5 cm³/mol. The van der Waals surface area contributed by atoms with Gasteiger partial charge in [-0.1, -0.05) is 60.7 Å². The Balaban J connectivity index is 2.02. The molecule has 4 rings (SSSR count). The van der Waals surface area contributed by atoms with Crippen LogP contribution in [0.1, 0.15) is 23.7 Å². The van der Waals surface area contributed by atoms with E-state index in [1.54, 1.807) is 0 Å². The number of aromatic nitrogens is 1. The Morgan fingerprint density at radius 3 is 1.83 bits per heavy atom. The van der Waals surface area contributed by atoms with Crippen molar-refractivity contribution in [3.8, 4) is 0 Å². The maximum absolute atomic E-state index is 3.55. The summed E-state index contributed by atoms with van der Waals surface area (Å²) in [5, 5.41) is 3.55. The van der Waals surface area contributed by atoms with Crippen LogP contribution in [0, 0.1) is 5.92 Å². The van der Waals surface area contributed by atoms with Gasteiger partial charge in [0.15, 0.2) is 0 Å². The van der Waals surface area contributed by atoms with E-state index in [9.17, 15) is 0 Å². The highest BCUT2D eigenvalue weighted by molar-refractivity contribution is 5.50. The van der Waals surface area contributed by atoms with E-state index in [-0.39, 0.29) is 5.41 Å². The van der Waals surface area contributed by atoms with Gasteiger partial charge in [0.1, 0.15) is 0 Å². The van der Waals surface area contributed by atoms with Crippen LogP contribution in [0.15, 0.2) is 79.0 Å². The topological polar surface area (TPSA) is 27.8 Å². The zero-order valence-electron chi connectivity index (χ0n) is 13.4. The van der Waals surface area contributed by atoms with E-state index in [2.05, 4.69) is 90.0 Å². The highest BCUT2D eigenvalue weighted by Gasteiger charge is 2.50. The number of aromatic amines is 1. The van der Waals surface area contributed by atoms with Crippen LogP contribution in [-0.4, -0.2) is 17.6 Å². The molecule has 2 N–H and O–H groups in total. The van der Waals surface area contributed by atoms with E-state index < -0.39 is 0 Å². The zero-order chi connectivity index (χ0) is 15.7. The van der Waals surface area contributed by atoms with Gasteiger partial charge in [-0.05, 0) is 30.2 Å². The summed E-state index contributed by atoms with van der Waals surface area (Å²) in [6.07, 6.45) is 2.03. The lowest BCUT2D eigenvalue weighted by Crippen LogP contribution is -2.61. The van der Waals surface area contributed by atoms with Crippen LogP contribution < -0.4 is 5.32 Å². The molecule has 2 unspecified atom stereocenters. The van der Waals surface area contributed by atoms with Gasteiger partial charge in [0.2, 0.25) is 0 Å². The van der Waals surface area contributed by atoms with Gasteiger partial charge in [0, 0.05) is 30.4 Å². The first-order valence-corrected chi connectivity index (χ1v) is 8.32. The smallest absolute Gasteiger partial charge is 0.0656 e. The first kappa shape index (κ1) is 14.3. The van der Waals surface area contributed by atoms with E-state index >= 15 is 0 Å². The van der Waals surface area contributed by atoms with Gasteiger partial charge in [0.25, 0.3) is 0 Å². The molecule has 2 atom stereocenters. The van der Waals surface area contributed by atoms with Gasteiger partial charge >= 0.3 is 0 Å². The van der Waals surface area contributed by atoms with Crippen LogP contribution in [0.4, 0.5) is 0 Å². The second-order valence-corrected chi connectivity index (χ2v) is 6.43. The van der Waals surface area contributed by atoms with Gasteiger partial charge < -0.3 is 10.3 Å². The van der Waals surface area contributed by atoms with E-state index in [0.29, 0.717) is 12.0 Å². The first-order valence-electron chi connectivity index (χ1n) is 8.32. The van der Waals surface area contributed by atoms with Crippen molar-refractivity contribution in [3.05, 3.63) is 95.8 Å². The molecule has 1 fully saturated rings. The monoisotopic (exact) mass is 302 g/mol. The highest BCUT2D eigenvalue weighted by atomic mass is 15.0. The van der Waals surface area contributed by atoms with Crippen molar-refractivity contribution < 1.29 is 0 Å². The van der Waals surface area contributed by atoms with Crippen LogP contribution in [-0.2, 0) is 5.41 Å². The Morgan fingerprint density at radius 2 is 1.43 bits per heavy atom. The third-order valence-electron chi connectivity index (χ3n) is 5.30. The summed E-state index contributed by atoms with van der Waals surface area (Å²) < 4.78 is 0. The second-order valence-electron chi connectivity index (χ2n) is 6.43. The quantitative estimate of drug-likeness (QED) is 0.750. The highest BCUT2D eigenvalue weighted by Crippen LogP contribution is 2.47. The molecule has 2 nitrogen and oxygen atoms in total. The summed E-state index contributed by atoms with van der Waals surface area (Å²) in [4.78, 5) is 3.52. The van der Waals surface area contributed by atoms with Crippen LogP contribution in [0.25, 0.3) is 0 Å². The molecule has 1 aliphatic heterocycles. The van der Waals surface area contributed by atoms with Crippen LogP contribution >= 0.6 is 0 Å². The summed E-state index contributed by atoms with van der Waals surface area (Å²) in [6, 6.07) is 26.6. The van der Waals surface area contributed by atoms with Gasteiger partial charge in [0.05, 0.1) is 5.41 Å². The van der Waals surface area contributed by atoms with E-state index in [4.69, 9.17) is 0 Å². The summed E-state index contributed by atoms with van der Waals surface area (Å²) >= 11 is 0. The van der Waals surface area contributed by atoms with E-state index in [1.807, 2.05) is 6.20 Å². The van der Waals surface area contributed by atoms with Crippen molar-refractivity contribution in [2.24, 2.45) is 5.92 Å². The molecule has 0 radical (unpaired) electrons. The Labute approximate surface area is 137 Å². The fourth-order valence-electron chi connectivity index (χ4n) is 4.08. The minimum atomic E-state index is -0.142. The third-order valence-corrected chi connectivity index (χ3v) is 5.30. The molecule has 116 valence electrons. The number of hydrogen-bond acceptors (Lipinski definition) is 1. The maximum Gasteiger partial charge on any atom is 0.0656 e. The minimum absolute atomic E-state index is 0.142. The molecule has 3 aromatic rings. The van der Waals surface area contributed by atoms with Crippen molar-refractivity contribution in [2.45, 2.75) is 18.4 Å². The summed E-state index contributed by atoms with van der Waals surface area (Å²) in [6.45, 7) is 3.32. The number of benzene rings is 2. The second kappa shape index (κ2) is 5.71. The molecule has 0 aliphatic carbocycles. The van der Waals surface area contributed by atoms with Crippen molar-refractivity contribution >= 4 is 0 Å². The Morgan fingerprint density at radius 1 is 0.826 bits per heavy atom. The molecule has 0 saturated carbocycles. The minimum Gasteiger partial charge on any atom is -0.364 e. The van der Waals surface area contributed by atoms with Gasteiger partial charge in [-0.2, -0.15) is 0 Å². The van der Waals surface area contributed by atoms with Crippen molar-refractivity contribution in [1.29, 1.82) is 0 Å². The maximum atomic E-state index is 3.55. The van der Waals surface area contributed by atoms with Crippen LogP contribution in [0.2, 0.25) is 0 Å². The average molecular weight is 302 g/mol. The molecule has 1 aliphatic rings. The molecule has 0 bridgehead atoms. The largest absolute Gasteiger partial charge is 0.364 e. The molecular formula is C21H22N2. The normalized spacial score (nSPS) is 20.9. The van der Waals surface area contributed by atoms with Crippen molar-refractivity contribution in [2.75, 3.05) is 6.54 Å². The molecule has 23 heavy (non-hydrogen) atoms. The summed E-state index contributed by atoms with van der Waals surface area (Å²) in [7, 11) is 0. The number of rotatable bonds is 4. The lowest BCUT2D eigenvalue weighted by molar-refractivity contribution is 0.179. The Kier molecular flexibility index (Phi) is 3.55. The predicted octanol–water partition coefficient (Wildman–Crippen LogP) is 3.96. The summed E-state index contributed by atoms with van der Waals surface area (Å²) in [5.74, 6) is 0.519. The van der Waals surface area contributed by atoms with Crippen LogP contribution in [0.5, 0.6) is 0 Å². The fourth-order valence-corrected chi connectivity index (χ4v) is 4.08. The van der Waals surface area contributed by atoms with Gasteiger partial charge in [-0.25, -0.2) is 0 Å². The van der Waals surface area contributed by atoms with Crippen molar-refractivity contribution in [1.82, 2.24) is 10.3 Å². The summed E-state index contributed by atoms with van der Waals surface area (Å²) in [5.41, 5.74) is 3.84.